The van der Waals surface area contributed by atoms with Crippen LogP contribution in [0.4, 0.5) is 4.39 Å². The number of hydrogen-bond acceptors (Lipinski definition) is 1. The van der Waals surface area contributed by atoms with Gasteiger partial charge in [0.2, 0.25) is 0 Å². The van der Waals surface area contributed by atoms with Crippen LogP contribution in [-0.2, 0) is 6.54 Å². The fourth-order valence-corrected chi connectivity index (χ4v) is 1.67. The number of halogens is 1. The van der Waals surface area contributed by atoms with Crippen LogP contribution in [0.15, 0.2) is 48.5 Å². The zero-order valence-corrected chi connectivity index (χ0v) is 10.1. The van der Waals surface area contributed by atoms with Crippen LogP contribution in [0.2, 0.25) is 0 Å². The largest absolute Gasteiger partial charge is 0.348 e. The van der Waals surface area contributed by atoms with E-state index in [-0.39, 0.29) is 11.7 Å². The Kier molecular flexibility index (Phi) is 3.72. The van der Waals surface area contributed by atoms with E-state index in [2.05, 4.69) is 5.32 Å². The molecule has 0 radical (unpaired) electrons. The fourth-order valence-electron chi connectivity index (χ4n) is 1.67. The minimum Gasteiger partial charge on any atom is -0.348 e. The van der Waals surface area contributed by atoms with Gasteiger partial charge in [-0.15, -0.1) is 0 Å². The lowest BCUT2D eigenvalue weighted by Crippen LogP contribution is -2.22. The van der Waals surface area contributed by atoms with Gasteiger partial charge in [-0.1, -0.05) is 30.3 Å². The molecule has 0 aromatic heterocycles. The molecule has 2 aromatic carbocycles. The predicted octanol–water partition coefficient (Wildman–Crippen LogP) is 3.06. The van der Waals surface area contributed by atoms with Crippen LogP contribution in [0.1, 0.15) is 21.5 Å². The average Bonchev–Trinajstić information content (AvgIpc) is 2.40. The zero-order chi connectivity index (χ0) is 13.0. The van der Waals surface area contributed by atoms with Crippen LogP contribution < -0.4 is 5.32 Å². The van der Waals surface area contributed by atoms with Gasteiger partial charge in [-0.2, -0.15) is 0 Å². The first kappa shape index (κ1) is 12.3. The first-order chi connectivity index (χ1) is 8.66. The smallest absolute Gasteiger partial charge is 0.251 e. The van der Waals surface area contributed by atoms with Gasteiger partial charge in [0, 0.05) is 12.1 Å². The molecule has 0 fully saturated rings. The number of nitrogens with one attached hydrogen (secondary N) is 1. The molecular weight excluding hydrogens is 229 g/mol. The van der Waals surface area contributed by atoms with E-state index < -0.39 is 0 Å². The molecule has 0 spiro atoms. The summed E-state index contributed by atoms with van der Waals surface area (Å²) in [6.45, 7) is 2.11. The Balaban J connectivity index is 2.02. The van der Waals surface area contributed by atoms with E-state index in [0.29, 0.717) is 17.7 Å². The lowest BCUT2D eigenvalue weighted by atomic mass is 10.1. The van der Waals surface area contributed by atoms with Crippen molar-refractivity contribution >= 4 is 5.91 Å². The van der Waals surface area contributed by atoms with Gasteiger partial charge in [-0.25, -0.2) is 4.39 Å². The average molecular weight is 243 g/mol. The SMILES string of the molecule is Cc1cc(C(=O)NCc2ccccc2)ccc1F. The van der Waals surface area contributed by atoms with Crippen LogP contribution in [0.5, 0.6) is 0 Å². The Labute approximate surface area is 105 Å². The number of carbonyl (C=O) groups is 1. The van der Waals surface area contributed by atoms with E-state index in [0.717, 1.165) is 5.56 Å². The number of hydrogen-bond donors (Lipinski definition) is 1. The standard InChI is InChI=1S/C15H14FNO/c1-11-9-13(7-8-14(11)16)15(18)17-10-12-5-3-2-4-6-12/h2-9H,10H2,1H3,(H,17,18). The van der Waals surface area contributed by atoms with Crippen LogP contribution in [-0.4, -0.2) is 5.91 Å². The Morgan fingerprint density at radius 3 is 2.56 bits per heavy atom. The van der Waals surface area contributed by atoms with Gasteiger partial charge in [0.25, 0.3) is 5.91 Å². The lowest BCUT2D eigenvalue weighted by Gasteiger charge is -2.06. The number of aryl methyl sites for hydroxylation is 1. The summed E-state index contributed by atoms with van der Waals surface area (Å²) in [5, 5.41) is 2.80. The number of rotatable bonds is 3. The summed E-state index contributed by atoms with van der Waals surface area (Å²) in [5.74, 6) is -0.489. The van der Waals surface area contributed by atoms with Crippen molar-refractivity contribution in [3.8, 4) is 0 Å². The maximum absolute atomic E-state index is 13.1. The molecule has 0 heterocycles. The van der Waals surface area contributed by atoms with Crippen molar-refractivity contribution in [1.82, 2.24) is 5.32 Å². The fraction of sp³-hybridized carbons (Fsp3) is 0.133. The van der Waals surface area contributed by atoms with Crippen molar-refractivity contribution < 1.29 is 9.18 Å². The molecule has 0 saturated heterocycles. The van der Waals surface area contributed by atoms with E-state index in [1.54, 1.807) is 13.0 Å². The first-order valence-corrected chi connectivity index (χ1v) is 5.75. The van der Waals surface area contributed by atoms with E-state index in [4.69, 9.17) is 0 Å². The minimum atomic E-state index is -0.297. The second-order valence-corrected chi connectivity index (χ2v) is 4.13. The Bertz CT molecular complexity index is 552. The zero-order valence-electron chi connectivity index (χ0n) is 10.1. The van der Waals surface area contributed by atoms with E-state index in [1.165, 1.54) is 12.1 Å². The summed E-state index contributed by atoms with van der Waals surface area (Å²) in [4.78, 5) is 11.8. The van der Waals surface area contributed by atoms with Gasteiger partial charge in [0.1, 0.15) is 5.82 Å². The van der Waals surface area contributed by atoms with Gasteiger partial charge in [0.15, 0.2) is 0 Å². The molecule has 1 N–H and O–H groups in total. The second-order valence-electron chi connectivity index (χ2n) is 4.13. The highest BCUT2D eigenvalue weighted by atomic mass is 19.1. The second kappa shape index (κ2) is 5.45. The molecule has 3 heteroatoms. The van der Waals surface area contributed by atoms with Crippen molar-refractivity contribution in [2.45, 2.75) is 13.5 Å². The molecule has 0 unspecified atom stereocenters. The molecule has 2 nitrogen and oxygen atoms in total. The van der Waals surface area contributed by atoms with Crippen LogP contribution >= 0.6 is 0 Å². The van der Waals surface area contributed by atoms with Crippen LogP contribution in [0.25, 0.3) is 0 Å². The normalized spacial score (nSPS) is 10.1. The third-order valence-corrected chi connectivity index (χ3v) is 2.72. The van der Waals surface area contributed by atoms with Gasteiger partial charge < -0.3 is 5.32 Å². The molecule has 0 aliphatic carbocycles. The van der Waals surface area contributed by atoms with Crippen molar-refractivity contribution in [1.29, 1.82) is 0 Å². The highest BCUT2D eigenvalue weighted by Gasteiger charge is 2.07. The number of benzene rings is 2. The van der Waals surface area contributed by atoms with Crippen LogP contribution in [0, 0.1) is 12.7 Å². The molecule has 0 bridgehead atoms. The number of carbonyl (C=O) groups excluding carboxylic acids is 1. The maximum atomic E-state index is 13.1. The van der Waals surface area contributed by atoms with Gasteiger partial charge in [-0.05, 0) is 36.2 Å². The van der Waals surface area contributed by atoms with Crippen molar-refractivity contribution in [3.05, 3.63) is 71.0 Å². The third kappa shape index (κ3) is 2.94. The highest BCUT2D eigenvalue weighted by molar-refractivity contribution is 5.94. The molecule has 0 aliphatic rings. The van der Waals surface area contributed by atoms with E-state index >= 15 is 0 Å². The molecule has 2 rings (SSSR count). The van der Waals surface area contributed by atoms with Gasteiger partial charge in [0.05, 0.1) is 0 Å². The third-order valence-electron chi connectivity index (χ3n) is 2.72. The molecule has 18 heavy (non-hydrogen) atoms. The summed E-state index contributed by atoms with van der Waals surface area (Å²) in [5.41, 5.74) is 1.98. The summed E-state index contributed by atoms with van der Waals surface area (Å²) < 4.78 is 13.1. The topological polar surface area (TPSA) is 29.1 Å². The molecule has 0 saturated carbocycles. The molecule has 1 amide bonds. The number of amides is 1. The summed E-state index contributed by atoms with van der Waals surface area (Å²) >= 11 is 0. The Morgan fingerprint density at radius 2 is 1.89 bits per heavy atom. The predicted molar refractivity (Wildman–Crippen MR) is 68.7 cm³/mol. The molecular formula is C15H14FNO. The Morgan fingerprint density at radius 1 is 1.17 bits per heavy atom. The van der Waals surface area contributed by atoms with Gasteiger partial charge >= 0.3 is 0 Å². The lowest BCUT2D eigenvalue weighted by molar-refractivity contribution is 0.0951. The van der Waals surface area contributed by atoms with Crippen molar-refractivity contribution in [2.75, 3.05) is 0 Å². The highest BCUT2D eigenvalue weighted by Crippen LogP contribution is 2.09. The molecule has 0 atom stereocenters. The van der Waals surface area contributed by atoms with Crippen LogP contribution in [0.3, 0.4) is 0 Å². The maximum Gasteiger partial charge on any atom is 0.251 e. The Hall–Kier alpha value is -2.16. The monoisotopic (exact) mass is 243 g/mol. The molecule has 0 aliphatic heterocycles. The summed E-state index contributed by atoms with van der Waals surface area (Å²) in [6, 6.07) is 14.0. The summed E-state index contributed by atoms with van der Waals surface area (Å²) in [7, 11) is 0. The molecule has 92 valence electrons. The first-order valence-electron chi connectivity index (χ1n) is 5.75. The van der Waals surface area contributed by atoms with Crippen molar-refractivity contribution in [3.63, 3.8) is 0 Å². The molecule has 2 aromatic rings. The summed E-state index contributed by atoms with van der Waals surface area (Å²) in [6.07, 6.45) is 0. The van der Waals surface area contributed by atoms with Crippen molar-refractivity contribution in [2.24, 2.45) is 0 Å². The van der Waals surface area contributed by atoms with E-state index in [1.807, 2.05) is 30.3 Å². The minimum absolute atomic E-state index is 0.193. The van der Waals surface area contributed by atoms with Gasteiger partial charge in [-0.3, -0.25) is 4.79 Å². The quantitative estimate of drug-likeness (QED) is 0.882. The van der Waals surface area contributed by atoms with E-state index in [9.17, 15) is 9.18 Å².